The van der Waals surface area contributed by atoms with Gasteiger partial charge in [0.05, 0.1) is 0 Å². The van der Waals surface area contributed by atoms with Crippen molar-refractivity contribution in [3.8, 4) is 0 Å². The van der Waals surface area contributed by atoms with E-state index in [1.165, 1.54) is 24.8 Å². The Morgan fingerprint density at radius 3 is 2.50 bits per heavy atom. The molecule has 1 atom stereocenters. The Labute approximate surface area is 111 Å². The largest absolute Gasteiger partial charge is 0.315 e. The summed E-state index contributed by atoms with van der Waals surface area (Å²) in [5.74, 6) is 0. The van der Waals surface area contributed by atoms with E-state index in [1.807, 2.05) is 0 Å². The Morgan fingerprint density at radius 2 is 1.94 bits per heavy atom. The first-order valence-electron chi connectivity index (χ1n) is 7.38. The SMILES string of the molecule is CCCNCC(c1ccccc1)N(CC)C1CC1. The van der Waals surface area contributed by atoms with Crippen molar-refractivity contribution in [2.75, 3.05) is 19.6 Å². The van der Waals surface area contributed by atoms with Gasteiger partial charge < -0.3 is 5.32 Å². The summed E-state index contributed by atoms with van der Waals surface area (Å²) >= 11 is 0. The second-order valence-corrected chi connectivity index (χ2v) is 5.19. The number of rotatable bonds is 8. The Bertz CT molecular complexity index is 332. The van der Waals surface area contributed by atoms with Crippen LogP contribution in [0.2, 0.25) is 0 Å². The molecule has 0 amide bonds. The minimum Gasteiger partial charge on any atom is -0.315 e. The molecule has 1 aliphatic rings. The summed E-state index contributed by atoms with van der Waals surface area (Å²) in [6, 6.07) is 12.3. The molecule has 0 heterocycles. The second-order valence-electron chi connectivity index (χ2n) is 5.19. The summed E-state index contributed by atoms with van der Waals surface area (Å²) in [6.45, 7) is 7.85. The van der Waals surface area contributed by atoms with Gasteiger partial charge in [0.15, 0.2) is 0 Å². The maximum atomic E-state index is 3.59. The topological polar surface area (TPSA) is 15.3 Å². The first kappa shape index (κ1) is 13.6. The quantitative estimate of drug-likeness (QED) is 0.709. The van der Waals surface area contributed by atoms with Gasteiger partial charge in [-0.25, -0.2) is 0 Å². The fourth-order valence-corrected chi connectivity index (χ4v) is 2.66. The van der Waals surface area contributed by atoms with Crippen LogP contribution < -0.4 is 5.32 Å². The average molecular weight is 246 g/mol. The summed E-state index contributed by atoms with van der Waals surface area (Å²) in [4.78, 5) is 2.66. The third-order valence-electron chi connectivity index (χ3n) is 3.73. The molecular weight excluding hydrogens is 220 g/mol. The van der Waals surface area contributed by atoms with E-state index in [-0.39, 0.29) is 0 Å². The van der Waals surface area contributed by atoms with Crippen LogP contribution >= 0.6 is 0 Å². The molecule has 1 aromatic carbocycles. The molecule has 0 saturated heterocycles. The van der Waals surface area contributed by atoms with Crippen molar-refractivity contribution < 1.29 is 0 Å². The minimum absolute atomic E-state index is 0.537. The molecule has 1 aromatic rings. The normalized spacial score (nSPS) is 17.1. The van der Waals surface area contributed by atoms with Gasteiger partial charge in [-0.2, -0.15) is 0 Å². The van der Waals surface area contributed by atoms with Crippen molar-refractivity contribution in [3.63, 3.8) is 0 Å². The fraction of sp³-hybridized carbons (Fsp3) is 0.625. The molecule has 2 rings (SSSR count). The van der Waals surface area contributed by atoms with Crippen LogP contribution in [0.25, 0.3) is 0 Å². The number of hydrogen-bond donors (Lipinski definition) is 1. The Balaban J connectivity index is 2.06. The van der Waals surface area contributed by atoms with Crippen LogP contribution in [-0.4, -0.2) is 30.6 Å². The molecule has 0 spiro atoms. The first-order chi connectivity index (χ1) is 8.86. The number of benzene rings is 1. The predicted octanol–water partition coefficient (Wildman–Crippen LogP) is 3.21. The fourth-order valence-electron chi connectivity index (χ4n) is 2.66. The molecule has 2 nitrogen and oxygen atoms in total. The molecule has 1 N–H and O–H groups in total. The predicted molar refractivity (Wildman–Crippen MR) is 77.7 cm³/mol. The maximum Gasteiger partial charge on any atom is 0.0475 e. The van der Waals surface area contributed by atoms with Crippen molar-refractivity contribution in [3.05, 3.63) is 35.9 Å². The van der Waals surface area contributed by atoms with Crippen molar-refractivity contribution in [2.45, 2.75) is 45.2 Å². The summed E-state index contributed by atoms with van der Waals surface area (Å²) in [5.41, 5.74) is 1.45. The number of hydrogen-bond acceptors (Lipinski definition) is 2. The number of nitrogens with one attached hydrogen (secondary N) is 1. The van der Waals surface area contributed by atoms with E-state index in [9.17, 15) is 0 Å². The highest BCUT2D eigenvalue weighted by Gasteiger charge is 2.33. The molecule has 0 radical (unpaired) electrons. The maximum absolute atomic E-state index is 3.59. The lowest BCUT2D eigenvalue weighted by atomic mass is 10.0. The van der Waals surface area contributed by atoms with E-state index in [1.54, 1.807) is 0 Å². The summed E-state index contributed by atoms with van der Waals surface area (Å²) in [5, 5.41) is 3.59. The van der Waals surface area contributed by atoms with E-state index in [2.05, 4.69) is 54.4 Å². The third kappa shape index (κ3) is 3.56. The Kier molecular flexibility index (Phi) is 5.21. The van der Waals surface area contributed by atoms with Gasteiger partial charge in [0.1, 0.15) is 0 Å². The molecule has 1 unspecified atom stereocenters. The Morgan fingerprint density at radius 1 is 1.22 bits per heavy atom. The zero-order valence-corrected chi connectivity index (χ0v) is 11.7. The Hall–Kier alpha value is -0.860. The van der Waals surface area contributed by atoms with E-state index in [4.69, 9.17) is 0 Å². The van der Waals surface area contributed by atoms with Crippen LogP contribution in [0.1, 0.15) is 44.7 Å². The molecular formula is C16H26N2. The highest BCUT2D eigenvalue weighted by molar-refractivity contribution is 5.20. The van der Waals surface area contributed by atoms with Gasteiger partial charge in [0.25, 0.3) is 0 Å². The van der Waals surface area contributed by atoms with Crippen LogP contribution in [0.3, 0.4) is 0 Å². The summed E-state index contributed by atoms with van der Waals surface area (Å²) in [6.07, 6.45) is 3.97. The zero-order chi connectivity index (χ0) is 12.8. The van der Waals surface area contributed by atoms with E-state index < -0.39 is 0 Å². The van der Waals surface area contributed by atoms with Crippen LogP contribution in [0.4, 0.5) is 0 Å². The van der Waals surface area contributed by atoms with Gasteiger partial charge in [-0.15, -0.1) is 0 Å². The highest BCUT2D eigenvalue weighted by Crippen LogP contribution is 2.33. The lowest BCUT2D eigenvalue weighted by molar-refractivity contribution is 0.192. The van der Waals surface area contributed by atoms with Crippen LogP contribution in [0.5, 0.6) is 0 Å². The zero-order valence-electron chi connectivity index (χ0n) is 11.7. The number of nitrogens with zero attached hydrogens (tertiary/aromatic N) is 1. The molecule has 0 bridgehead atoms. The molecule has 0 aromatic heterocycles. The van der Waals surface area contributed by atoms with Crippen LogP contribution in [0, 0.1) is 0 Å². The third-order valence-corrected chi connectivity index (χ3v) is 3.73. The van der Waals surface area contributed by atoms with Gasteiger partial charge in [0.2, 0.25) is 0 Å². The highest BCUT2D eigenvalue weighted by atomic mass is 15.2. The van der Waals surface area contributed by atoms with Crippen molar-refractivity contribution >= 4 is 0 Å². The molecule has 2 heteroatoms. The molecule has 1 saturated carbocycles. The van der Waals surface area contributed by atoms with E-state index in [0.717, 1.165) is 25.7 Å². The monoisotopic (exact) mass is 246 g/mol. The van der Waals surface area contributed by atoms with Crippen molar-refractivity contribution in [2.24, 2.45) is 0 Å². The first-order valence-corrected chi connectivity index (χ1v) is 7.38. The molecule has 18 heavy (non-hydrogen) atoms. The standard InChI is InChI=1S/C16H26N2/c1-3-12-17-13-16(14-8-6-5-7-9-14)18(4-2)15-10-11-15/h5-9,15-17H,3-4,10-13H2,1-2H3. The van der Waals surface area contributed by atoms with Crippen LogP contribution in [0.15, 0.2) is 30.3 Å². The van der Waals surface area contributed by atoms with Gasteiger partial charge >= 0.3 is 0 Å². The van der Waals surface area contributed by atoms with Crippen molar-refractivity contribution in [1.82, 2.24) is 10.2 Å². The number of likely N-dealkylation sites (N-methyl/N-ethyl adjacent to an activating group) is 1. The lowest BCUT2D eigenvalue weighted by Gasteiger charge is -2.31. The smallest absolute Gasteiger partial charge is 0.0475 e. The molecule has 0 aliphatic heterocycles. The molecule has 1 fully saturated rings. The minimum atomic E-state index is 0.537. The van der Waals surface area contributed by atoms with Gasteiger partial charge in [0, 0.05) is 18.6 Å². The van der Waals surface area contributed by atoms with E-state index >= 15 is 0 Å². The van der Waals surface area contributed by atoms with Gasteiger partial charge in [-0.1, -0.05) is 44.2 Å². The van der Waals surface area contributed by atoms with E-state index in [0.29, 0.717) is 6.04 Å². The summed E-state index contributed by atoms with van der Waals surface area (Å²) in [7, 11) is 0. The molecule has 1 aliphatic carbocycles. The van der Waals surface area contributed by atoms with Crippen molar-refractivity contribution in [1.29, 1.82) is 0 Å². The average Bonchev–Trinajstić information content (AvgIpc) is 3.24. The van der Waals surface area contributed by atoms with Gasteiger partial charge in [-0.3, -0.25) is 4.90 Å². The van der Waals surface area contributed by atoms with Crippen LogP contribution in [-0.2, 0) is 0 Å². The molecule has 100 valence electrons. The summed E-state index contributed by atoms with van der Waals surface area (Å²) < 4.78 is 0. The second kappa shape index (κ2) is 6.91. The van der Waals surface area contributed by atoms with Gasteiger partial charge in [-0.05, 0) is 37.9 Å². The lowest BCUT2D eigenvalue weighted by Crippen LogP contribution is -2.37.